The first-order chi connectivity index (χ1) is 23.6. The number of anilines is 1. The van der Waals surface area contributed by atoms with Gasteiger partial charge in [0.05, 0.1) is 34.0 Å². The molecule has 4 aromatic rings. The Morgan fingerprint density at radius 3 is 1.65 bits per heavy atom. The summed E-state index contributed by atoms with van der Waals surface area (Å²) >= 11 is 0. The van der Waals surface area contributed by atoms with Crippen LogP contribution in [0.15, 0.2) is 51.1 Å². The van der Waals surface area contributed by atoms with Crippen LogP contribution < -0.4 is 5.32 Å². The van der Waals surface area contributed by atoms with E-state index >= 15 is 0 Å². The quantitative estimate of drug-likeness (QED) is 0.0460. The molecule has 0 radical (unpaired) electrons. The molecule has 0 amide bonds. The second kappa shape index (κ2) is 14.1. The van der Waals surface area contributed by atoms with E-state index in [1.54, 1.807) is 0 Å². The molecule has 0 spiro atoms. The SMILES string of the molecule is O=S(=O)([O-])c1cc(NCC(O)C(O)C(O[C@@H]2O[C@H](CO)[C@H](O)[C@H](O)[C@H]2O)C(O)CO)c2ccc3c(S(=O)(=O)[O-])cc(S(=O)(=O)[O-])c4ccc1c2c34. The van der Waals surface area contributed by atoms with Crippen LogP contribution in [0.5, 0.6) is 0 Å². The number of hydrogen-bond donors (Lipinski definition) is 9. The summed E-state index contributed by atoms with van der Waals surface area (Å²) in [5.74, 6) is 0. The molecule has 0 saturated carbocycles. The van der Waals surface area contributed by atoms with Crippen molar-refractivity contribution in [2.75, 3.05) is 25.1 Å². The topological polar surface area (TPSA) is 364 Å². The predicted octanol–water partition coefficient (Wildman–Crippen LogP) is -4.03. The molecule has 9 atom stereocenters. The molecule has 51 heavy (non-hydrogen) atoms. The Balaban J connectivity index is 1.58. The normalized spacial score (nSPS) is 24.6. The lowest BCUT2D eigenvalue weighted by molar-refractivity contribution is -0.326. The molecule has 4 unspecified atom stereocenters. The van der Waals surface area contributed by atoms with Crippen molar-refractivity contribution in [3.63, 3.8) is 0 Å². The Morgan fingerprint density at radius 1 is 0.706 bits per heavy atom. The molecule has 1 heterocycles. The summed E-state index contributed by atoms with van der Waals surface area (Å²) in [5.41, 5.74) is -0.298. The van der Waals surface area contributed by atoms with E-state index < -0.39 is 131 Å². The van der Waals surface area contributed by atoms with Crippen molar-refractivity contribution in [2.45, 2.75) is 69.8 Å². The smallest absolute Gasteiger partial charge is 0.187 e. The van der Waals surface area contributed by atoms with Crippen molar-refractivity contribution in [1.29, 1.82) is 0 Å². The van der Waals surface area contributed by atoms with Crippen molar-refractivity contribution in [1.82, 2.24) is 0 Å². The maximum Gasteiger partial charge on any atom is 0.187 e. The van der Waals surface area contributed by atoms with Gasteiger partial charge in [-0.2, -0.15) is 0 Å². The van der Waals surface area contributed by atoms with Gasteiger partial charge in [-0.05, 0) is 17.5 Å². The third-order valence-corrected chi connectivity index (χ3v) is 11.2. The zero-order chi connectivity index (χ0) is 38.0. The van der Waals surface area contributed by atoms with Gasteiger partial charge in [0.2, 0.25) is 0 Å². The van der Waals surface area contributed by atoms with Gasteiger partial charge in [-0.1, -0.05) is 24.3 Å². The van der Waals surface area contributed by atoms with Gasteiger partial charge < -0.3 is 69.3 Å². The number of aliphatic hydroxyl groups excluding tert-OH is 8. The minimum Gasteiger partial charge on any atom is -0.744 e. The minimum atomic E-state index is -5.46. The second-order valence-corrected chi connectivity index (χ2v) is 15.8. The van der Waals surface area contributed by atoms with Crippen LogP contribution in [0.1, 0.15) is 0 Å². The number of hydrogen-bond acceptors (Lipinski definition) is 20. The summed E-state index contributed by atoms with van der Waals surface area (Å²) in [4.78, 5) is -3.20. The maximum atomic E-state index is 12.4. The molecule has 0 bridgehead atoms. The standard InChI is InChI=1S/C28H33NO19S3/c30-8-16(33)27(48-28-26(37)25(36)24(35)17(9-31)47-28)23(34)15(32)7-29-14-5-18(49(38,39)40)11-3-4-13-20(51(44,45)46)6-19(50(41,42)43)12-2-1-10(14)21(11)22(12)13/h1-6,15-17,23-37H,7-9H2,(H,38,39,40)(H,41,42,43)(H,44,45,46)/p-3/t15?,16?,17-,23?,24+,25+,26-,27?,28+/m1/s1. The molecule has 1 aliphatic rings. The highest BCUT2D eigenvalue weighted by Crippen LogP contribution is 2.44. The summed E-state index contributed by atoms with van der Waals surface area (Å²) in [6, 6.07) is 5.35. The summed E-state index contributed by atoms with van der Waals surface area (Å²) < 4.78 is 121. The average molecular weight is 781 g/mol. The van der Waals surface area contributed by atoms with Crippen molar-refractivity contribution in [2.24, 2.45) is 0 Å². The van der Waals surface area contributed by atoms with Crippen molar-refractivity contribution in [3.05, 3.63) is 36.4 Å². The molecule has 1 saturated heterocycles. The third kappa shape index (κ3) is 7.34. The molecule has 1 fully saturated rings. The molecule has 4 aromatic carbocycles. The summed E-state index contributed by atoms with van der Waals surface area (Å²) in [6.07, 6.45) is -17.4. The Labute approximate surface area is 288 Å². The highest BCUT2D eigenvalue weighted by molar-refractivity contribution is 7.87. The molecule has 0 aromatic heterocycles. The Hall–Kier alpha value is -2.95. The minimum absolute atomic E-state index is 0.0589. The first-order valence-electron chi connectivity index (χ1n) is 14.6. The van der Waals surface area contributed by atoms with Gasteiger partial charge in [-0.15, -0.1) is 0 Å². The molecule has 23 heteroatoms. The van der Waals surface area contributed by atoms with Gasteiger partial charge >= 0.3 is 0 Å². The fourth-order valence-electron chi connectivity index (χ4n) is 6.06. The van der Waals surface area contributed by atoms with E-state index in [1.165, 1.54) is 0 Å². The Bertz CT molecular complexity index is 2210. The highest BCUT2D eigenvalue weighted by Gasteiger charge is 2.46. The van der Waals surface area contributed by atoms with E-state index in [0.29, 0.717) is 6.07 Å². The molecular formula is C28H30NO19S3-3. The van der Waals surface area contributed by atoms with Crippen LogP contribution >= 0.6 is 0 Å². The lowest BCUT2D eigenvalue weighted by Gasteiger charge is -2.42. The molecule has 282 valence electrons. The number of aliphatic hydroxyl groups is 8. The number of ether oxygens (including phenoxy) is 2. The predicted molar refractivity (Wildman–Crippen MR) is 166 cm³/mol. The fraction of sp³-hybridized carbons (Fsp3) is 0.429. The lowest BCUT2D eigenvalue weighted by atomic mass is 9.93. The van der Waals surface area contributed by atoms with Crippen LogP contribution in [0.2, 0.25) is 0 Å². The molecule has 5 rings (SSSR count). The number of benzene rings is 4. The Morgan fingerprint density at radius 2 is 1.18 bits per heavy atom. The van der Waals surface area contributed by atoms with E-state index in [2.05, 4.69) is 5.32 Å². The molecule has 20 nitrogen and oxygen atoms in total. The second-order valence-electron chi connectivity index (χ2n) is 11.7. The molecular weight excluding hydrogens is 750 g/mol. The van der Waals surface area contributed by atoms with E-state index in [1.807, 2.05) is 0 Å². The highest BCUT2D eigenvalue weighted by atomic mass is 32.2. The number of nitrogens with one attached hydrogen (secondary N) is 1. The van der Waals surface area contributed by atoms with Gasteiger partial charge in [0.1, 0.15) is 73.1 Å². The van der Waals surface area contributed by atoms with Crippen LogP contribution in [-0.2, 0) is 39.8 Å². The van der Waals surface area contributed by atoms with Gasteiger partial charge in [-0.3, -0.25) is 0 Å². The zero-order valence-electron chi connectivity index (χ0n) is 25.6. The third-order valence-electron chi connectivity index (χ3n) is 8.53. The monoisotopic (exact) mass is 780 g/mol. The summed E-state index contributed by atoms with van der Waals surface area (Å²) in [5, 5.41) is 82.2. The average Bonchev–Trinajstić information content (AvgIpc) is 3.05. The van der Waals surface area contributed by atoms with E-state index in [0.717, 1.165) is 30.3 Å². The molecule has 9 N–H and O–H groups in total. The van der Waals surface area contributed by atoms with E-state index in [4.69, 9.17) is 9.47 Å². The maximum absolute atomic E-state index is 12.4. The van der Waals surface area contributed by atoms with Crippen molar-refractivity contribution in [3.8, 4) is 0 Å². The first-order valence-corrected chi connectivity index (χ1v) is 18.8. The van der Waals surface area contributed by atoms with Crippen LogP contribution in [0.25, 0.3) is 32.3 Å². The van der Waals surface area contributed by atoms with Crippen LogP contribution in [0, 0.1) is 0 Å². The summed E-state index contributed by atoms with van der Waals surface area (Å²) in [7, 11) is -16.3. The fourth-order valence-corrected chi connectivity index (χ4v) is 8.23. The number of rotatable bonds is 13. The van der Waals surface area contributed by atoms with Crippen LogP contribution in [0.3, 0.4) is 0 Å². The molecule has 0 aliphatic carbocycles. The van der Waals surface area contributed by atoms with Crippen molar-refractivity contribution >= 4 is 68.4 Å². The van der Waals surface area contributed by atoms with Gasteiger partial charge in [0.15, 0.2) is 6.29 Å². The zero-order valence-corrected chi connectivity index (χ0v) is 28.0. The molecule has 1 aliphatic heterocycles. The van der Waals surface area contributed by atoms with Gasteiger partial charge in [0.25, 0.3) is 0 Å². The largest absolute Gasteiger partial charge is 0.744 e. The Kier molecular flexibility index (Phi) is 10.9. The van der Waals surface area contributed by atoms with Crippen LogP contribution in [-0.4, -0.2) is 155 Å². The summed E-state index contributed by atoms with van der Waals surface area (Å²) in [6.45, 7) is -2.74. The van der Waals surface area contributed by atoms with Crippen LogP contribution in [0.4, 0.5) is 5.69 Å². The van der Waals surface area contributed by atoms with E-state index in [-0.39, 0.29) is 27.2 Å². The van der Waals surface area contributed by atoms with Gasteiger partial charge in [0, 0.05) is 39.2 Å². The lowest BCUT2D eigenvalue weighted by Crippen LogP contribution is -2.61. The van der Waals surface area contributed by atoms with E-state index in [9.17, 15) is 79.8 Å². The first kappa shape index (κ1) is 39.3. The van der Waals surface area contributed by atoms with Crippen molar-refractivity contribution < 1.29 is 89.2 Å². The van der Waals surface area contributed by atoms with Gasteiger partial charge in [-0.25, -0.2) is 25.3 Å².